The predicted molar refractivity (Wildman–Crippen MR) is 126 cm³/mol. The number of ether oxygens (including phenoxy) is 1. The van der Waals surface area contributed by atoms with Crippen molar-refractivity contribution >= 4 is 16.9 Å². The second-order valence-corrected chi connectivity index (χ2v) is 7.98. The molecule has 0 aliphatic heterocycles. The Morgan fingerprint density at radius 3 is 2.56 bits per heavy atom. The fraction of sp³-hybridized carbons (Fsp3) is 0.280. The lowest BCUT2D eigenvalue weighted by Crippen LogP contribution is -2.42. The maximum absolute atomic E-state index is 13.8. The molecule has 0 aliphatic rings. The van der Waals surface area contributed by atoms with Gasteiger partial charge in [-0.1, -0.05) is 43.7 Å². The molecule has 2 aromatic carbocycles. The van der Waals surface area contributed by atoms with Crippen LogP contribution in [0.15, 0.2) is 64.4 Å². The zero-order valence-corrected chi connectivity index (χ0v) is 19.0. The van der Waals surface area contributed by atoms with Crippen molar-refractivity contribution in [1.29, 1.82) is 0 Å². The Kier molecular flexibility index (Phi) is 6.72. The zero-order valence-electron chi connectivity index (χ0n) is 19.0. The Hall–Kier alpha value is -4.01. The lowest BCUT2D eigenvalue weighted by atomic mass is 10.1. The van der Waals surface area contributed by atoms with E-state index in [1.165, 1.54) is 23.8 Å². The number of aromatic nitrogens is 4. The number of fused-ring (bicyclic) bond motifs is 1. The second-order valence-electron chi connectivity index (χ2n) is 7.98. The van der Waals surface area contributed by atoms with E-state index in [0.717, 1.165) is 29.0 Å². The van der Waals surface area contributed by atoms with Gasteiger partial charge in [-0.05, 0) is 30.2 Å². The molecule has 34 heavy (non-hydrogen) atoms. The van der Waals surface area contributed by atoms with Crippen molar-refractivity contribution in [2.75, 3.05) is 7.11 Å². The minimum absolute atomic E-state index is 0.0389. The summed E-state index contributed by atoms with van der Waals surface area (Å²) < 4.78 is 23.0. The minimum atomic E-state index is -0.661. The Morgan fingerprint density at radius 2 is 1.85 bits per heavy atom. The summed E-state index contributed by atoms with van der Waals surface area (Å²) in [6, 6.07) is 12.9. The highest BCUT2D eigenvalue weighted by atomic mass is 19.1. The van der Waals surface area contributed by atoms with E-state index in [1.807, 2.05) is 37.3 Å². The third kappa shape index (κ3) is 4.41. The highest BCUT2D eigenvalue weighted by Gasteiger charge is 2.22. The van der Waals surface area contributed by atoms with Crippen LogP contribution < -0.4 is 16.0 Å². The molecule has 2 heterocycles. The van der Waals surface area contributed by atoms with Crippen molar-refractivity contribution in [3.8, 4) is 5.75 Å². The van der Waals surface area contributed by atoms with Crippen LogP contribution in [0.25, 0.3) is 11.2 Å². The van der Waals surface area contributed by atoms with Gasteiger partial charge in [0.1, 0.15) is 11.6 Å². The van der Waals surface area contributed by atoms with E-state index in [-0.39, 0.29) is 29.0 Å². The number of imidazole rings is 1. The number of carbonyl (C=O) groups excluding carboxylic acids is 1. The first-order valence-electron chi connectivity index (χ1n) is 11.0. The third-order valence-electron chi connectivity index (χ3n) is 5.68. The molecular formula is C25H25FN4O4. The molecule has 0 saturated carbocycles. The maximum atomic E-state index is 13.8. The summed E-state index contributed by atoms with van der Waals surface area (Å²) >= 11 is 0. The Bertz CT molecular complexity index is 1450. The van der Waals surface area contributed by atoms with Crippen molar-refractivity contribution < 1.29 is 13.9 Å². The molecule has 0 unspecified atom stereocenters. The lowest BCUT2D eigenvalue weighted by molar-refractivity contribution is 0.0965. The predicted octanol–water partition coefficient (Wildman–Crippen LogP) is 3.24. The molecule has 4 aromatic rings. The van der Waals surface area contributed by atoms with Crippen molar-refractivity contribution in [1.82, 2.24) is 18.7 Å². The summed E-state index contributed by atoms with van der Waals surface area (Å²) in [6.07, 6.45) is 3.28. The summed E-state index contributed by atoms with van der Waals surface area (Å²) in [5, 5.41) is 0. The van der Waals surface area contributed by atoms with Crippen LogP contribution in [0.4, 0.5) is 4.39 Å². The number of ketones is 1. The molecule has 0 spiro atoms. The van der Waals surface area contributed by atoms with Gasteiger partial charge in [0, 0.05) is 6.54 Å². The Labute approximate surface area is 194 Å². The number of carbonyl (C=O) groups is 1. The number of methoxy groups -OCH3 is 1. The number of nitrogens with zero attached hydrogens (tertiary/aromatic N) is 4. The molecule has 0 aliphatic carbocycles. The van der Waals surface area contributed by atoms with Gasteiger partial charge >= 0.3 is 5.69 Å². The minimum Gasteiger partial charge on any atom is -0.496 e. The van der Waals surface area contributed by atoms with Crippen molar-refractivity contribution in [3.05, 3.63) is 92.6 Å². The second kappa shape index (κ2) is 9.86. The smallest absolute Gasteiger partial charge is 0.333 e. The van der Waals surface area contributed by atoms with Gasteiger partial charge in [-0.25, -0.2) is 14.2 Å². The summed E-state index contributed by atoms with van der Waals surface area (Å²) in [7, 11) is 1.36. The van der Waals surface area contributed by atoms with Gasteiger partial charge in [0.15, 0.2) is 16.9 Å². The average molecular weight is 464 g/mol. The van der Waals surface area contributed by atoms with Crippen LogP contribution in [0.3, 0.4) is 0 Å². The van der Waals surface area contributed by atoms with Crippen LogP contribution in [0.1, 0.15) is 35.7 Å². The summed E-state index contributed by atoms with van der Waals surface area (Å²) in [4.78, 5) is 44.3. The van der Waals surface area contributed by atoms with E-state index in [0.29, 0.717) is 6.54 Å². The van der Waals surface area contributed by atoms with Gasteiger partial charge in [0.25, 0.3) is 5.56 Å². The summed E-state index contributed by atoms with van der Waals surface area (Å²) in [5.41, 5.74) is 0.0535. The van der Waals surface area contributed by atoms with Crippen LogP contribution >= 0.6 is 0 Å². The first-order valence-corrected chi connectivity index (χ1v) is 11.0. The van der Waals surface area contributed by atoms with E-state index in [9.17, 15) is 18.8 Å². The number of rotatable bonds is 9. The molecule has 0 bridgehead atoms. The van der Waals surface area contributed by atoms with Gasteiger partial charge in [-0.15, -0.1) is 0 Å². The maximum Gasteiger partial charge on any atom is 0.333 e. The molecule has 4 rings (SSSR count). The van der Waals surface area contributed by atoms with E-state index >= 15 is 0 Å². The summed E-state index contributed by atoms with van der Waals surface area (Å²) in [6.45, 7) is 2.21. The van der Waals surface area contributed by atoms with Gasteiger partial charge in [0.2, 0.25) is 0 Å². The highest BCUT2D eigenvalue weighted by molar-refractivity contribution is 5.98. The molecule has 0 radical (unpaired) electrons. The van der Waals surface area contributed by atoms with E-state index < -0.39 is 29.4 Å². The molecule has 0 atom stereocenters. The lowest BCUT2D eigenvalue weighted by Gasteiger charge is -2.13. The van der Waals surface area contributed by atoms with Crippen LogP contribution in [-0.4, -0.2) is 31.6 Å². The first kappa shape index (κ1) is 23.2. The molecule has 8 nitrogen and oxygen atoms in total. The standard InChI is InChI=1S/C25H25FN4O4/c1-3-4-12-28-16-27-23-22(28)24(32)30(25(33)29(23)14-17-8-6-5-7-9-17)15-20(31)19-13-18(26)10-11-21(19)34-2/h5-11,13,16H,3-4,12,14-15H2,1-2H3. The first-order chi connectivity index (χ1) is 16.4. The topological polar surface area (TPSA) is 88.1 Å². The van der Waals surface area contributed by atoms with Crippen LogP contribution in [-0.2, 0) is 19.6 Å². The SMILES string of the molecule is CCCCn1cnc2c1c(=O)n(CC(=O)c1cc(F)ccc1OC)c(=O)n2Cc1ccccc1. The van der Waals surface area contributed by atoms with Crippen LogP contribution in [0, 0.1) is 5.82 Å². The monoisotopic (exact) mass is 464 g/mol. The highest BCUT2D eigenvalue weighted by Crippen LogP contribution is 2.20. The zero-order chi connectivity index (χ0) is 24.2. The van der Waals surface area contributed by atoms with Gasteiger partial charge in [0.05, 0.1) is 32.1 Å². The molecule has 176 valence electrons. The van der Waals surface area contributed by atoms with Crippen molar-refractivity contribution in [2.45, 2.75) is 39.4 Å². The van der Waals surface area contributed by atoms with E-state index in [4.69, 9.17) is 4.74 Å². The number of unbranched alkanes of at least 4 members (excludes halogenated alkanes) is 1. The quantitative estimate of drug-likeness (QED) is 0.355. The van der Waals surface area contributed by atoms with Crippen molar-refractivity contribution in [3.63, 3.8) is 0 Å². The number of hydrogen-bond acceptors (Lipinski definition) is 5. The molecule has 0 amide bonds. The van der Waals surface area contributed by atoms with Crippen molar-refractivity contribution in [2.24, 2.45) is 0 Å². The summed E-state index contributed by atoms with van der Waals surface area (Å²) in [5.74, 6) is -1.06. The van der Waals surface area contributed by atoms with E-state index in [2.05, 4.69) is 4.98 Å². The molecule has 9 heteroatoms. The third-order valence-corrected chi connectivity index (χ3v) is 5.68. The van der Waals surface area contributed by atoms with Crippen LogP contribution in [0.5, 0.6) is 5.75 Å². The molecule has 2 aromatic heterocycles. The number of hydrogen-bond donors (Lipinski definition) is 0. The van der Waals surface area contributed by atoms with Gasteiger partial charge in [-0.2, -0.15) is 0 Å². The number of benzene rings is 2. The number of halogens is 1. The largest absolute Gasteiger partial charge is 0.496 e. The molecule has 0 saturated heterocycles. The number of aryl methyl sites for hydroxylation is 1. The van der Waals surface area contributed by atoms with Gasteiger partial charge in [-0.3, -0.25) is 18.7 Å². The molecular weight excluding hydrogens is 439 g/mol. The molecule has 0 fully saturated rings. The van der Waals surface area contributed by atoms with Crippen LogP contribution in [0.2, 0.25) is 0 Å². The number of Topliss-reactive ketones (excluding diaryl/α,β-unsaturated/α-hetero) is 1. The Morgan fingerprint density at radius 1 is 1.09 bits per heavy atom. The average Bonchev–Trinajstić information content (AvgIpc) is 3.27. The Balaban J connectivity index is 1.87. The van der Waals surface area contributed by atoms with E-state index in [1.54, 1.807) is 10.9 Å². The fourth-order valence-electron chi connectivity index (χ4n) is 3.91. The van der Waals surface area contributed by atoms with Gasteiger partial charge < -0.3 is 9.30 Å². The molecule has 0 N–H and O–H groups in total. The normalized spacial score (nSPS) is 11.1. The fourth-order valence-corrected chi connectivity index (χ4v) is 3.91.